The van der Waals surface area contributed by atoms with Crippen LogP contribution in [0.15, 0.2) is 51.5 Å². The third-order valence-corrected chi connectivity index (χ3v) is 3.71. The van der Waals surface area contributed by atoms with E-state index in [1.54, 1.807) is 12.3 Å². The van der Waals surface area contributed by atoms with Gasteiger partial charge in [0.05, 0.1) is 6.54 Å². The van der Waals surface area contributed by atoms with E-state index in [0.717, 1.165) is 14.5 Å². The van der Waals surface area contributed by atoms with E-state index in [0.29, 0.717) is 18.9 Å². The van der Waals surface area contributed by atoms with Crippen LogP contribution in [-0.2, 0) is 11.3 Å². The summed E-state index contributed by atoms with van der Waals surface area (Å²) in [6.45, 7) is 1.02. The summed E-state index contributed by atoms with van der Waals surface area (Å²) in [5.41, 5.74) is 1.15. The first-order valence-corrected chi connectivity index (χ1v) is 7.96. The fraction of sp³-hybridized carbons (Fsp3) is 0.200. The number of benzene rings is 1. The van der Waals surface area contributed by atoms with Gasteiger partial charge in [0.2, 0.25) is 5.91 Å². The molecule has 0 saturated carbocycles. The number of nitrogens with zero attached hydrogens (tertiary/aromatic N) is 2. The van der Waals surface area contributed by atoms with Crippen molar-refractivity contribution in [1.82, 2.24) is 9.88 Å². The number of anilines is 1. The Labute approximate surface area is 140 Å². The zero-order valence-corrected chi connectivity index (χ0v) is 14.7. The van der Waals surface area contributed by atoms with Crippen molar-refractivity contribution in [3.63, 3.8) is 0 Å². The van der Waals surface area contributed by atoms with Crippen LogP contribution < -0.4 is 5.32 Å². The number of hydrogen-bond acceptors (Lipinski definition) is 3. The molecule has 4 nitrogen and oxygen atoms in total. The average molecular weight is 413 g/mol. The highest BCUT2D eigenvalue weighted by Gasteiger charge is 2.08. The monoisotopic (exact) mass is 411 g/mol. The quantitative estimate of drug-likeness (QED) is 0.814. The molecule has 21 heavy (non-hydrogen) atoms. The van der Waals surface area contributed by atoms with Crippen molar-refractivity contribution in [1.29, 1.82) is 0 Å². The summed E-state index contributed by atoms with van der Waals surface area (Å²) in [6, 6.07) is 11.7. The lowest BCUT2D eigenvalue weighted by molar-refractivity contribution is -0.117. The molecular weight excluding hydrogens is 398 g/mol. The number of likely N-dealkylation sites (N-methyl/N-ethyl adjacent to an activating group) is 1. The van der Waals surface area contributed by atoms with Crippen LogP contribution in [0.4, 0.5) is 5.82 Å². The maximum absolute atomic E-state index is 12.0. The van der Waals surface area contributed by atoms with E-state index in [1.807, 2.05) is 42.3 Å². The smallest absolute Gasteiger partial charge is 0.239 e. The number of nitrogens with one attached hydrogen (secondary N) is 1. The molecule has 0 spiro atoms. The van der Waals surface area contributed by atoms with E-state index in [2.05, 4.69) is 42.2 Å². The molecule has 6 heteroatoms. The number of carbonyl (C=O) groups is 1. The second-order valence-electron chi connectivity index (χ2n) is 4.71. The number of amides is 1. The van der Waals surface area contributed by atoms with Gasteiger partial charge in [0, 0.05) is 21.7 Å². The molecule has 1 N–H and O–H groups in total. The largest absolute Gasteiger partial charge is 0.310 e. The van der Waals surface area contributed by atoms with Crippen molar-refractivity contribution in [3.8, 4) is 0 Å². The van der Waals surface area contributed by atoms with Crippen LogP contribution in [-0.4, -0.2) is 29.4 Å². The Morgan fingerprint density at radius 1 is 1.24 bits per heavy atom. The van der Waals surface area contributed by atoms with Crippen LogP contribution in [0.2, 0.25) is 0 Å². The van der Waals surface area contributed by atoms with Crippen molar-refractivity contribution in [2.24, 2.45) is 0 Å². The van der Waals surface area contributed by atoms with Crippen molar-refractivity contribution >= 4 is 43.6 Å². The predicted octanol–water partition coefficient (Wildman–Crippen LogP) is 3.68. The van der Waals surface area contributed by atoms with Gasteiger partial charge in [-0.25, -0.2) is 4.98 Å². The molecule has 0 radical (unpaired) electrons. The van der Waals surface area contributed by atoms with Crippen LogP contribution >= 0.6 is 31.9 Å². The van der Waals surface area contributed by atoms with Crippen LogP contribution in [0.5, 0.6) is 0 Å². The lowest BCUT2D eigenvalue weighted by atomic mass is 10.2. The summed E-state index contributed by atoms with van der Waals surface area (Å²) < 4.78 is 1.92. The Balaban J connectivity index is 1.86. The molecule has 110 valence electrons. The Bertz CT molecular complexity index is 617. The van der Waals surface area contributed by atoms with Crippen molar-refractivity contribution < 1.29 is 4.79 Å². The predicted molar refractivity (Wildman–Crippen MR) is 91.0 cm³/mol. The van der Waals surface area contributed by atoms with Gasteiger partial charge in [-0.05, 0) is 52.8 Å². The third kappa shape index (κ3) is 5.57. The Kier molecular flexibility index (Phi) is 5.90. The van der Waals surface area contributed by atoms with Gasteiger partial charge in [-0.1, -0.05) is 28.1 Å². The molecule has 0 aliphatic carbocycles. The third-order valence-electron chi connectivity index (χ3n) is 2.75. The van der Waals surface area contributed by atoms with Crippen LogP contribution in [0.25, 0.3) is 0 Å². The number of rotatable bonds is 5. The van der Waals surface area contributed by atoms with E-state index in [4.69, 9.17) is 0 Å². The molecule has 1 heterocycles. The van der Waals surface area contributed by atoms with Crippen LogP contribution in [0.1, 0.15) is 5.56 Å². The molecule has 2 rings (SSSR count). The van der Waals surface area contributed by atoms with Crippen molar-refractivity contribution in [2.75, 3.05) is 18.9 Å². The number of carbonyl (C=O) groups excluding carboxylic acids is 1. The maximum Gasteiger partial charge on any atom is 0.239 e. The maximum atomic E-state index is 12.0. The second kappa shape index (κ2) is 7.68. The first kappa shape index (κ1) is 16.1. The highest BCUT2D eigenvalue weighted by molar-refractivity contribution is 9.10. The van der Waals surface area contributed by atoms with Crippen molar-refractivity contribution in [2.45, 2.75) is 6.54 Å². The lowest BCUT2D eigenvalue weighted by Crippen LogP contribution is -2.30. The Morgan fingerprint density at radius 2 is 2.05 bits per heavy atom. The Morgan fingerprint density at radius 3 is 2.71 bits per heavy atom. The highest BCUT2D eigenvalue weighted by atomic mass is 79.9. The zero-order valence-electron chi connectivity index (χ0n) is 11.5. The molecule has 0 aliphatic heterocycles. The van der Waals surface area contributed by atoms with Gasteiger partial charge >= 0.3 is 0 Å². The zero-order chi connectivity index (χ0) is 15.2. The molecule has 0 atom stereocenters. The number of aromatic nitrogens is 1. The van der Waals surface area contributed by atoms with E-state index >= 15 is 0 Å². The minimum atomic E-state index is -0.0812. The van der Waals surface area contributed by atoms with E-state index in [-0.39, 0.29) is 5.91 Å². The van der Waals surface area contributed by atoms with Gasteiger partial charge in [-0.15, -0.1) is 0 Å². The molecular formula is C15H15Br2N3O. The summed E-state index contributed by atoms with van der Waals surface area (Å²) in [7, 11) is 1.91. The minimum absolute atomic E-state index is 0.0812. The molecule has 0 unspecified atom stereocenters. The van der Waals surface area contributed by atoms with Crippen LogP contribution in [0, 0.1) is 0 Å². The molecule has 0 saturated heterocycles. The molecule has 0 bridgehead atoms. The molecule has 1 aromatic heterocycles. The number of halogens is 2. The lowest BCUT2D eigenvalue weighted by Gasteiger charge is -2.16. The van der Waals surface area contributed by atoms with Gasteiger partial charge in [-0.2, -0.15) is 0 Å². The molecule has 1 aromatic carbocycles. The molecule has 0 fully saturated rings. The fourth-order valence-corrected chi connectivity index (χ4v) is 2.56. The SMILES string of the molecule is CN(CC(=O)Nc1ccc(Br)cn1)Cc1cccc(Br)c1. The molecule has 1 amide bonds. The minimum Gasteiger partial charge on any atom is -0.310 e. The first-order valence-electron chi connectivity index (χ1n) is 6.37. The Hall–Kier alpha value is -1.24. The van der Waals surface area contributed by atoms with Crippen molar-refractivity contribution in [3.05, 3.63) is 57.1 Å². The van der Waals surface area contributed by atoms with Gasteiger partial charge in [-0.3, -0.25) is 9.69 Å². The average Bonchev–Trinajstić information content (AvgIpc) is 2.41. The summed E-state index contributed by atoms with van der Waals surface area (Å²) >= 11 is 6.75. The number of pyridine rings is 1. The molecule has 0 aliphatic rings. The van der Waals surface area contributed by atoms with Crippen LogP contribution in [0.3, 0.4) is 0 Å². The first-order chi connectivity index (χ1) is 10.0. The number of hydrogen-bond donors (Lipinski definition) is 1. The van der Waals surface area contributed by atoms with Gasteiger partial charge in [0.1, 0.15) is 5.82 Å². The van der Waals surface area contributed by atoms with E-state index < -0.39 is 0 Å². The second-order valence-corrected chi connectivity index (χ2v) is 6.54. The van der Waals surface area contributed by atoms with Gasteiger partial charge in [0.25, 0.3) is 0 Å². The summed E-state index contributed by atoms with van der Waals surface area (Å²) in [5.74, 6) is 0.473. The summed E-state index contributed by atoms with van der Waals surface area (Å²) in [6.07, 6.45) is 1.65. The fourth-order valence-electron chi connectivity index (χ4n) is 1.88. The highest BCUT2D eigenvalue weighted by Crippen LogP contribution is 2.13. The summed E-state index contributed by atoms with van der Waals surface area (Å²) in [4.78, 5) is 18.0. The molecule has 2 aromatic rings. The standard InChI is InChI=1S/C15H15Br2N3O/c1-20(9-11-3-2-4-12(16)7-11)10-15(21)19-14-6-5-13(17)8-18-14/h2-8H,9-10H2,1H3,(H,18,19,21). The topological polar surface area (TPSA) is 45.2 Å². The van der Waals surface area contributed by atoms with Gasteiger partial charge < -0.3 is 5.32 Å². The summed E-state index contributed by atoms with van der Waals surface area (Å²) in [5, 5.41) is 2.78. The van der Waals surface area contributed by atoms with Gasteiger partial charge in [0.15, 0.2) is 0 Å². The van der Waals surface area contributed by atoms with E-state index in [9.17, 15) is 4.79 Å². The van der Waals surface area contributed by atoms with E-state index in [1.165, 1.54) is 0 Å². The normalized spacial score (nSPS) is 10.7.